The number of nitrogens with one attached hydrogen (secondary N) is 2. The Morgan fingerprint density at radius 3 is 2.32 bits per heavy atom. The van der Waals surface area contributed by atoms with Crippen LogP contribution in [0.5, 0.6) is 5.75 Å². The van der Waals surface area contributed by atoms with Crippen molar-refractivity contribution in [2.45, 2.75) is 18.2 Å². The van der Waals surface area contributed by atoms with Gasteiger partial charge in [0.05, 0.1) is 11.5 Å². The Hall–Kier alpha value is -1.90. The van der Waals surface area contributed by atoms with Crippen molar-refractivity contribution >= 4 is 37.5 Å². The lowest BCUT2D eigenvalue weighted by Gasteiger charge is -2.09. The monoisotopic (exact) mass is 426 g/mol. The van der Waals surface area contributed by atoms with E-state index in [9.17, 15) is 13.2 Å². The summed E-state index contributed by atoms with van der Waals surface area (Å²) < 4.78 is 33.0. The summed E-state index contributed by atoms with van der Waals surface area (Å²) in [6.07, 6.45) is 0.0341. The minimum absolute atomic E-state index is 0.0118. The molecule has 0 radical (unpaired) electrons. The van der Waals surface area contributed by atoms with Gasteiger partial charge in [-0.1, -0.05) is 15.9 Å². The number of carbonyl (C=O) groups is 1. The summed E-state index contributed by atoms with van der Waals surface area (Å²) in [6, 6.07) is 13.3. The van der Waals surface area contributed by atoms with Gasteiger partial charge in [-0.15, -0.1) is 0 Å². The van der Waals surface area contributed by atoms with E-state index in [0.717, 1.165) is 4.47 Å². The average molecular weight is 427 g/mol. The van der Waals surface area contributed by atoms with Gasteiger partial charge in [0, 0.05) is 23.1 Å². The zero-order valence-corrected chi connectivity index (χ0v) is 16.1. The number of ether oxygens (including phenoxy) is 1. The number of amides is 1. The molecule has 0 saturated heterocycles. The van der Waals surface area contributed by atoms with Gasteiger partial charge in [-0.05, 0) is 55.5 Å². The molecular weight excluding hydrogens is 408 g/mol. The third-order valence-corrected chi connectivity index (χ3v) is 5.22. The molecule has 0 aliphatic heterocycles. The maximum Gasteiger partial charge on any atom is 0.240 e. The van der Waals surface area contributed by atoms with Crippen LogP contribution in [0.4, 0.5) is 5.69 Å². The van der Waals surface area contributed by atoms with E-state index in [1.54, 1.807) is 24.3 Å². The predicted molar refractivity (Wildman–Crippen MR) is 100 cm³/mol. The van der Waals surface area contributed by atoms with E-state index in [0.29, 0.717) is 18.0 Å². The summed E-state index contributed by atoms with van der Waals surface area (Å²) in [5, 5.41) is 2.71. The maximum atomic E-state index is 12.2. The lowest BCUT2D eigenvalue weighted by Crippen LogP contribution is -2.27. The van der Waals surface area contributed by atoms with Crippen LogP contribution in [0.25, 0.3) is 0 Å². The van der Waals surface area contributed by atoms with Crippen molar-refractivity contribution < 1.29 is 17.9 Å². The Bertz CT molecular complexity index is 806. The van der Waals surface area contributed by atoms with Gasteiger partial charge < -0.3 is 10.1 Å². The molecule has 6 nitrogen and oxygen atoms in total. The van der Waals surface area contributed by atoms with Crippen LogP contribution in [0.3, 0.4) is 0 Å². The van der Waals surface area contributed by atoms with E-state index in [1.165, 1.54) is 12.1 Å². The third kappa shape index (κ3) is 6.15. The number of hydrogen-bond donors (Lipinski definition) is 2. The number of sulfonamides is 1. The first-order valence-electron chi connectivity index (χ1n) is 7.68. The van der Waals surface area contributed by atoms with Crippen LogP contribution in [0.1, 0.15) is 13.3 Å². The van der Waals surface area contributed by atoms with Crippen LogP contribution in [-0.2, 0) is 14.8 Å². The highest BCUT2D eigenvalue weighted by Gasteiger charge is 2.14. The van der Waals surface area contributed by atoms with Gasteiger partial charge in [0.1, 0.15) is 5.75 Å². The number of rotatable bonds is 8. The van der Waals surface area contributed by atoms with E-state index >= 15 is 0 Å². The van der Waals surface area contributed by atoms with Crippen molar-refractivity contribution in [1.29, 1.82) is 0 Å². The molecule has 0 spiro atoms. The van der Waals surface area contributed by atoms with Gasteiger partial charge in [-0.25, -0.2) is 13.1 Å². The van der Waals surface area contributed by atoms with E-state index < -0.39 is 10.0 Å². The molecule has 2 aromatic rings. The Morgan fingerprint density at radius 2 is 1.72 bits per heavy atom. The number of benzene rings is 2. The fourth-order valence-corrected chi connectivity index (χ4v) is 3.32. The molecule has 0 aromatic heterocycles. The predicted octanol–water partition coefficient (Wildman–Crippen LogP) is 3.15. The molecule has 0 bridgehead atoms. The highest BCUT2D eigenvalue weighted by Crippen LogP contribution is 2.16. The van der Waals surface area contributed by atoms with Crippen molar-refractivity contribution in [1.82, 2.24) is 4.72 Å². The number of anilines is 1. The molecule has 0 atom stereocenters. The quantitative estimate of drug-likeness (QED) is 0.678. The molecule has 25 heavy (non-hydrogen) atoms. The van der Waals surface area contributed by atoms with E-state index in [4.69, 9.17) is 4.74 Å². The second-order valence-corrected chi connectivity index (χ2v) is 7.79. The van der Waals surface area contributed by atoms with Crippen molar-refractivity contribution in [2.75, 3.05) is 18.5 Å². The number of halogens is 1. The van der Waals surface area contributed by atoms with Gasteiger partial charge in [-0.3, -0.25) is 4.79 Å². The van der Waals surface area contributed by atoms with E-state index in [-0.39, 0.29) is 23.8 Å². The van der Waals surface area contributed by atoms with Crippen LogP contribution in [0.2, 0.25) is 0 Å². The number of carbonyl (C=O) groups excluding carboxylic acids is 1. The zero-order valence-electron chi connectivity index (χ0n) is 13.7. The van der Waals surface area contributed by atoms with Crippen LogP contribution < -0.4 is 14.8 Å². The molecule has 0 aliphatic rings. The first kappa shape index (κ1) is 19.4. The molecule has 2 rings (SSSR count). The molecule has 0 aliphatic carbocycles. The van der Waals surface area contributed by atoms with Crippen molar-refractivity contribution in [2.24, 2.45) is 0 Å². The van der Waals surface area contributed by atoms with Gasteiger partial charge in [0.2, 0.25) is 15.9 Å². The molecule has 0 unspecified atom stereocenters. The number of hydrogen-bond acceptors (Lipinski definition) is 4. The minimum atomic E-state index is -3.66. The van der Waals surface area contributed by atoms with Crippen LogP contribution in [-0.4, -0.2) is 27.5 Å². The van der Waals surface area contributed by atoms with Crippen LogP contribution in [0, 0.1) is 0 Å². The maximum absolute atomic E-state index is 12.2. The Kier molecular flexibility index (Phi) is 6.98. The summed E-state index contributed by atoms with van der Waals surface area (Å²) in [7, 11) is -3.66. The third-order valence-electron chi connectivity index (χ3n) is 3.22. The molecule has 0 fully saturated rings. The summed E-state index contributed by atoms with van der Waals surface area (Å²) in [6.45, 7) is 2.38. The largest absolute Gasteiger partial charge is 0.494 e. The molecular formula is C17H19BrN2O4S. The highest BCUT2D eigenvalue weighted by molar-refractivity contribution is 9.10. The molecule has 0 saturated carbocycles. The fraction of sp³-hybridized carbons (Fsp3) is 0.235. The lowest BCUT2D eigenvalue weighted by molar-refractivity contribution is -0.116. The summed E-state index contributed by atoms with van der Waals surface area (Å²) in [4.78, 5) is 12.0. The topological polar surface area (TPSA) is 84.5 Å². The average Bonchev–Trinajstić information content (AvgIpc) is 2.57. The van der Waals surface area contributed by atoms with Gasteiger partial charge in [0.15, 0.2) is 0 Å². The summed E-state index contributed by atoms with van der Waals surface area (Å²) in [5.41, 5.74) is 0.655. The summed E-state index contributed by atoms with van der Waals surface area (Å²) in [5.74, 6) is 0.340. The highest BCUT2D eigenvalue weighted by atomic mass is 79.9. The normalized spacial score (nSPS) is 11.1. The van der Waals surface area contributed by atoms with Crippen molar-refractivity contribution in [3.63, 3.8) is 0 Å². The van der Waals surface area contributed by atoms with Crippen LogP contribution in [0.15, 0.2) is 57.9 Å². The SMILES string of the molecule is CCOc1ccc(S(=O)(=O)NCCC(=O)Nc2ccc(Br)cc2)cc1. The minimum Gasteiger partial charge on any atom is -0.494 e. The fourth-order valence-electron chi connectivity index (χ4n) is 2.02. The zero-order chi connectivity index (χ0) is 18.3. The molecule has 134 valence electrons. The van der Waals surface area contributed by atoms with Gasteiger partial charge in [-0.2, -0.15) is 0 Å². The molecule has 1 amide bonds. The van der Waals surface area contributed by atoms with Gasteiger partial charge in [0.25, 0.3) is 0 Å². The van der Waals surface area contributed by atoms with E-state index in [2.05, 4.69) is 26.0 Å². The molecule has 2 aromatic carbocycles. The smallest absolute Gasteiger partial charge is 0.240 e. The van der Waals surface area contributed by atoms with Crippen LogP contribution >= 0.6 is 15.9 Å². The van der Waals surface area contributed by atoms with Crippen molar-refractivity contribution in [3.05, 3.63) is 53.0 Å². The Morgan fingerprint density at radius 1 is 1.08 bits per heavy atom. The van der Waals surface area contributed by atoms with Gasteiger partial charge >= 0.3 is 0 Å². The Labute approximate surface area is 155 Å². The standard InChI is InChI=1S/C17H19BrN2O4S/c1-2-24-15-7-9-16(10-8-15)25(22,23)19-12-11-17(21)20-14-5-3-13(18)4-6-14/h3-10,19H,2,11-12H2,1H3,(H,20,21). The molecule has 2 N–H and O–H groups in total. The Balaban J connectivity index is 1.84. The second kappa shape index (κ2) is 8.98. The second-order valence-electron chi connectivity index (χ2n) is 5.11. The first-order chi connectivity index (χ1) is 11.9. The van der Waals surface area contributed by atoms with Crippen molar-refractivity contribution in [3.8, 4) is 5.75 Å². The summed E-state index contributed by atoms with van der Waals surface area (Å²) >= 11 is 3.31. The molecule has 0 heterocycles. The lowest BCUT2D eigenvalue weighted by atomic mass is 10.3. The van der Waals surface area contributed by atoms with E-state index in [1.807, 2.05) is 19.1 Å². The first-order valence-corrected chi connectivity index (χ1v) is 9.96. The molecule has 8 heteroatoms.